The third-order valence-corrected chi connectivity index (χ3v) is 5.27. The van der Waals surface area contributed by atoms with E-state index in [2.05, 4.69) is 10.6 Å². The van der Waals surface area contributed by atoms with Gasteiger partial charge in [0.25, 0.3) is 5.91 Å². The Morgan fingerprint density at radius 3 is 2.45 bits per heavy atom. The molecular weight excluding hydrogens is 366 g/mol. The molecule has 0 radical (unpaired) electrons. The largest absolute Gasteiger partial charge is 0.325 e. The molecule has 146 valence electrons. The first-order valence-electron chi connectivity index (χ1n) is 9.37. The predicted molar refractivity (Wildman–Crippen MR) is 111 cm³/mol. The molecule has 0 saturated carbocycles. The second-order valence-electron chi connectivity index (χ2n) is 7.39. The fourth-order valence-electron chi connectivity index (χ4n) is 3.59. The van der Waals surface area contributed by atoms with Crippen LogP contribution in [0, 0.1) is 6.92 Å². The van der Waals surface area contributed by atoms with E-state index in [1.54, 1.807) is 13.0 Å². The molecule has 0 bridgehead atoms. The molecule has 29 heavy (non-hydrogen) atoms. The number of amides is 4. The van der Waals surface area contributed by atoms with E-state index in [1.807, 2.05) is 67.6 Å². The van der Waals surface area contributed by atoms with Crippen LogP contribution in [0.3, 0.4) is 0 Å². The average Bonchev–Trinajstić information content (AvgIpc) is 2.92. The minimum atomic E-state index is -1.19. The Bertz CT molecular complexity index is 1120. The quantitative estimate of drug-likeness (QED) is 0.672. The number of rotatable bonds is 4. The predicted octanol–water partition coefficient (Wildman–Crippen LogP) is 3.55. The Labute approximate surface area is 168 Å². The summed E-state index contributed by atoms with van der Waals surface area (Å²) in [4.78, 5) is 39.0. The highest BCUT2D eigenvalue weighted by Gasteiger charge is 2.49. The van der Waals surface area contributed by atoms with E-state index in [0.29, 0.717) is 11.3 Å². The van der Waals surface area contributed by atoms with Gasteiger partial charge in [-0.05, 0) is 30.9 Å². The molecule has 3 aromatic rings. The first-order valence-corrected chi connectivity index (χ1v) is 9.37. The molecule has 0 unspecified atom stereocenters. The summed E-state index contributed by atoms with van der Waals surface area (Å²) in [6.45, 7) is 3.25. The molecule has 0 spiro atoms. The lowest BCUT2D eigenvalue weighted by Gasteiger charge is -2.22. The summed E-state index contributed by atoms with van der Waals surface area (Å²) in [6, 6.07) is 20.1. The van der Waals surface area contributed by atoms with E-state index in [4.69, 9.17) is 0 Å². The van der Waals surface area contributed by atoms with Crippen molar-refractivity contribution >= 4 is 34.3 Å². The molecule has 1 fully saturated rings. The second-order valence-corrected chi connectivity index (χ2v) is 7.39. The maximum atomic E-state index is 13.0. The zero-order valence-electron chi connectivity index (χ0n) is 16.2. The van der Waals surface area contributed by atoms with Crippen LogP contribution in [0.2, 0.25) is 0 Å². The van der Waals surface area contributed by atoms with Crippen LogP contribution >= 0.6 is 0 Å². The molecule has 0 aliphatic carbocycles. The zero-order valence-corrected chi connectivity index (χ0v) is 16.2. The Hall–Kier alpha value is -3.67. The number of nitrogens with one attached hydrogen (secondary N) is 2. The van der Waals surface area contributed by atoms with Crippen LogP contribution in [0.15, 0.2) is 66.7 Å². The van der Waals surface area contributed by atoms with Gasteiger partial charge in [-0.15, -0.1) is 0 Å². The fourth-order valence-corrected chi connectivity index (χ4v) is 3.59. The molecule has 1 atom stereocenters. The molecule has 4 rings (SSSR count). The summed E-state index contributed by atoms with van der Waals surface area (Å²) in [7, 11) is 0. The first kappa shape index (κ1) is 18.7. The number of nitrogens with zero attached hydrogens (tertiary/aromatic N) is 1. The maximum Gasteiger partial charge on any atom is 0.325 e. The third-order valence-electron chi connectivity index (χ3n) is 5.27. The molecule has 1 heterocycles. The normalized spacial score (nSPS) is 18.8. The Morgan fingerprint density at radius 2 is 1.69 bits per heavy atom. The summed E-state index contributed by atoms with van der Waals surface area (Å²) in [6.07, 6.45) is 0. The number of carbonyl (C=O) groups is 3. The molecular formula is C23H21N3O3. The van der Waals surface area contributed by atoms with Gasteiger partial charge in [-0.1, -0.05) is 66.2 Å². The van der Waals surface area contributed by atoms with Crippen molar-refractivity contribution in [2.45, 2.75) is 19.4 Å². The van der Waals surface area contributed by atoms with Crippen LogP contribution in [-0.2, 0) is 15.1 Å². The molecule has 4 amide bonds. The van der Waals surface area contributed by atoms with Crippen LogP contribution in [0.4, 0.5) is 10.5 Å². The summed E-state index contributed by atoms with van der Waals surface area (Å²) in [5.74, 6) is -0.877. The molecule has 1 aliphatic heterocycles. The van der Waals surface area contributed by atoms with Crippen molar-refractivity contribution in [3.8, 4) is 0 Å². The highest BCUT2D eigenvalue weighted by Crippen LogP contribution is 2.29. The Kier molecular flexibility index (Phi) is 4.54. The number of hydrogen-bond donors (Lipinski definition) is 2. The standard InChI is InChI=1S/C23H21N3O3/c1-15-10-12-17(13-11-15)23(2)21(28)26(22(29)25-23)14-20(27)24-19-9-5-7-16-6-3-4-8-18(16)19/h3-13H,14H2,1-2H3,(H,24,27)(H,25,29)/t23-/m0/s1. The average molecular weight is 387 g/mol. The van der Waals surface area contributed by atoms with Gasteiger partial charge in [0.2, 0.25) is 5.91 Å². The van der Waals surface area contributed by atoms with Crippen molar-refractivity contribution in [1.82, 2.24) is 10.2 Å². The maximum absolute atomic E-state index is 13.0. The molecule has 0 aromatic heterocycles. The minimum absolute atomic E-state index is 0.352. The number of anilines is 1. The van der Waals surface area contributed by atoms with Crippen molar-refractivity contribution in [1.29, 1.82) is 0 Å². The van der Waals surface area contributed by atoms with Gasteiger partial charge in [0.05, 0.1) is 0 Å². The monoisotopic (exact) mass is 387 g/mol. The van der Waals surface area contributed by atoms with E-state index in [0.717, 1.165) is 21.2 Å². The van der Waals surface area contributed by atoms with Gasteiger partial charge >= 0.3 is 6.03 Å². The highest BCUT2D eigenvalue weighted by molar-refractivity contribution is 6.11. The van der Waals surface area contributed by atoms with Gasteiger partial charge in [0.15, 0.2) is 0 Å². The SMILES string of the molecule is Cc1ccc([C@]2(C)NC(=O)N(CC(=O)Nc3cccc4ccccc34)C2=O)cc1. The fraction of sp³-hybridized carbons (Fsp3) is 0.174. The lowest BCUT2D eigenvalue weighted by molar-refractivity contribution is -0.133. The first-order chi connectivity index (χ1) is 13.9. The second kappa shape index (κ2) is 7.05. The van der Waals surface area contributed by atoms with Crippen molar-refractivity contribution in [2.75, 3.05) is 11.9 Å². The lowest BCUT2D eigenvalue weighted by atomic mass is 9.91. The Morgan fingerprint density at radius 1 is 1.00 bits per heavy atom. The lowest BCUT2D eigenvalue weighted by Crippen LogP contribution is -2.42. The number of urea groups is 1. The van der Waals surface area contributed by atoms with Crippen molar-refractivity contribution in [3.05, 3.63) is 77.9 Å². The van der Waals surface area contributed by atoms with E-state index >= 15 is 0 Å². The molecule has 2 N–H and O–H groups in total. The van der Waals surface area contributed by atoms with Crippen LogP contribution in [0.1, 0.15) is 18.1 Å². The van der Waals surface area contributed by atoms with Gasteiger partial charge in [-0.25, -0.2) is 4.79 Å². The number of imide groups is 1. The van der Waals surface area contributed by atoms with Crippen molar-refractivity contribution < 1.29 is 14.4 Å². The van der Waals surface area contributed by atoms with Gasteiger partial charge in [-0.3, -0.25) is 14.5 Å². The molecule has 6 nitrogen and oxygen atoms in total. The minimum Gasteiger partial charge on any atom is -0.324 e. The Balaban J connectivity index is 1.53. The van der Waals surface area contributed by atoms with Crippen molar-refractivity contribution in [3.63, 3.8) is 0 Å². The summed E-state index contributed by atoms with van der Waals surface area (Å²) in [5.41, 5.74) is 1.19. The number of hydrogen-bond acceptors (Lipinski definition) is 3. The number of fused-ring (bicyclic) bond motifs is 1. The van der Waals surface area contributed by atoms with Crippen LogP contribution in [0.25, 0.3) is 10.8 Å². The number of aryl methyl sites for hydroxylation is 1. The van der Waals surface area contributed by atoms with Gasteiger partial charge in [-0.2, -0.15) is 0 Å². The molecule has 6 heteroatoms. The topological polar surface area (TPSA) is 78.5 Å². The summed E-state index contributed by atoms with van der Waals surface area (Å²) >= 11 is 0. The van der Waals surface area contributed by atoms with Gasteiger partial charge in [0, 0.05) is 11.1 Å². The van der Waals surface area contributed by atoms with Crippen LogP contribution < -0.4 is 10.6 Å². The zero-order chi connectivity index (χ0) is 20.6. The number of carbonyl (C=O) groups excluding carboxylic acids is 3. The van der Waals surface area contributed by atoms with Gasteiger partial charge < -0.3 is 10.6 Å². The van der Waals surface area contributed by atoms with E-state index < -0.39 is 23.4 Å². The molecule has 1 aliphatic rings. The van der Waals surface area contributed by atoms with E-state index in [9.17, 15) is 14.4 Å². The van der Waals surface area contributed by atoms with Crippen molar-refractivity contribution in [2.24, 2.45) is 0 Å². The molecule has 1 saturated heterocycles. The van der Waals surface area contributed by atoms with Crippen LogP contribution in [0.5, 0.6) is 0 Å². The summed E-state index contributed by atoms with van der Waals surface area (Å²) in [5, 5.41) is 7.42. The van der Waals surface area contributed by atoms with E-state index in [-0.39, 0.29) is 6.54 Å². The smallest absolute Gasteiger partial charge is 0.324 e. The summed E-state index contributed by atoms with van der Waals surface area (Å²) < 4.78 is 0. The number of benzene rings is 3. The highest BCUT2D eigenvalue weighted by atomic mass is 16.2. The molecule has 3 aromatic carbocycles. The third kappa shape index (κ3) is 3.33. The van der Waals surface area contributed by atoms with E-state index in [1.165, 1.54) is 0 Å². The van der Waals surface area contributed by atoms with Gasteiger partial charge in [0.1, 0.15) is 12.1 Å². The van der Waals surface area contributed by atoms with Crippen LogP contribution in [-0.4, -0.2) is 29.3 Å².